The SMILES string of the molecule is Clc1ccc(OCCNC(C2CC2)C2CNCCO2)cc1. The topological polar surface area (TPSA) is 42.5 Å². The highest BCUT2D eigenvalue weighted by Crippen LogP contribution is 2.34. The summed E-state index contributed by atoms with van der Waals surface area (Å²) in [5, 5.41) is 7.76. The molecule has 4 nitrogen and oxygen atoms in total. The summed E-state index contributed by atoms with van der Waals surface area (Å²) in [5.74, 6) is 1.63. The molecule has 0 spiro atoms. The van der Waals surface area contributed by atoms with Crippen molar-refractivity contribution in [3.8, 4) is 5.75 Å². The number of hydrogen-bond donors (Lipinski definition) is 2. The van der Waals surface area contributed by atoms with Crippen LogP contribution in [0.25, 0.3) is 0 Å². The van der Waals surface area contributed by atoms with Crippen LogP contribution in [0.1, 0.15) is 12.8 Å². The first kappa shape index (κ1) is 15.1. The lowest BCUT2D eigenvalue weighted by Crippen LogP contribution is -2.52. The number of nitrogens with one attached hydrogen (secondary N) is 2. The number of ether oxygens (including phenoxy) is 2. The van der Waals surface area contributed by atoms with Crippen molar-refractivity contribution >= 4 is 11.6 Å². The Morgan fingerprint density at radius 3 is 2.81 bits per heavy atom. The van der Waals surface area contributed by atoms with E-state index in [0.717, 1.165) is 42.9 Å². The fourth-order valence-corrected chi connectivity index (χ4v) is 2.92. The Labute approximate surface area is 131 Å². The summed E-state index contributed by atoms with van der Waals surface area (Å²) in [6.45, 7) is 4.23. The monoisotopic (exact) mass is 310 g/mol. The second kappa shape index (κ2) is 7.45. The zero-order valence-electron chi connectivity index (χ0n) is 12.2. The van der Waals surface area contributed by atoms with Crippen molar-refractivity contribution in [1.29, 1.82) is 0 Å². The molecule has 1 aliphatic heterocycles. The van der Waals surface area contributed by atoms with Gasteiger partial charge < -0.3 is 20.1 Å². The van der Waals surface area contributed by atoms with Crippen molar-refractivity contribution in [3.63, 3.8) is 0 Å². The first-order valence-corrected chi connectivity index (χ1v) is 8.15. The summed E-state index contributed by atoms with van der Waals surface area (Å²) in [6, 6.07) is 7.94. The van der Waals surface area contributed by atoms with Gasteiger partial charge in [-0.1, -0.05) is 11.6 Å². The van der Waals surface area contributed by atoms with Gasteiger partial charge in [-0.15, -0.1) is 0 Å². The van der Waals surface area contributed by atoms with Gasteiger partial charge in [-0.25, -0.2) is 0 Å². The van der Waals surface area contributed by atoms with Gasteiger partial charge >= 0.3 is 0 Å². The van der Waals surface area contributed by atoms with Crippen LogP contribution in [-0.4, -0.2) is 45.0 Å². The Hall–Kier alpha value is -0.810. The minimum absolute atomic E-state index is 0.293. The van der Waals surface area contributed by atoms with Crippen molar-refractivity contribution in [2.75, 3.05) is 32.8 Å². The second-order valence-corrected chi connectivity index (χ2v) is 6.17. The highest BCUT2D eigenvalue weighted by Gasteiger charge is 2.37. The van der Waals surface area contributed by atoms with Crippen LogP contribution >= 0.6 is 11.6 Å². The third-order valence-electron chi connectivity index (χ3n) is 4.05. The van der Waals surface area contributed by atoms with Crippen LogP contribution in [0.2, 0.25) is 5.02 Å². The first-order chi connectivity index (χ1) is 10.3. The third-order valence-corrected chi connectivity index (χ3v) is 4.30. The van der Waals surface area contributed by atoms with E-state index in [4.69, 9.17) is 21.1 Å². The maximum atomic E-state index is 5.89. The Morgan fingerprint density at radius 1 is 1.33 bits per heavy atom. The lowest BCUT2D eigenvalue weighted by Gasteiger charge is -2.32. The molecule has 0 amide bonds. The molecule has 3 rings (SSSR count). The zero-order valence-corrected chi connectivity index (χ0v) is 12.9. The van der Waals surface area contributed by atoms with E-state index >= 15 is 0 Å². The predicted molar refractivity (Wildman–Crippen MR) is 84.1 cm³/mol. The molecule has 21 heavy (non-hydrogen) atoms. The molecular weight excluding hydrogens is 288 g/mol. The van der Waals surface area contributed by atoms with Gasteiger partial charge in [0, 0.05) is 30.7 Å². The fourth-order valence-electron chi connectivity index (χ4n) is 2.80. The smallest absolute Gasteiger partial charge is 0.119 e. The standard InChI is InChI=1S/C16H23ClN2O2/c17-13-3-5-14(6-4-13)20-10-8-19-16(12-1-2-12)15-11-18-7-9-21-15/h3-6,12,15-16,18-19H,1-2,7-11H2. The summed E-state index contributed by atoms with van der Waals surface area (Å²) in [6.07, 6.45) is 2.92. The summed E-state index contributed by atoms with van der Waals surface area (Å²) in [4.78, 5) is 0. The molecule has 2 atom stereocenters. The molecule has 1 heterocycles. The van der Waals surface area contributed by atoms with Gasteiger partial charge in [-0.3, -0.25) is 0 Å². The van der Waals surface area contributed by atoms with Gasteiger partial charge in [0.25, 0.3) is 0 Å². The molecule has 0 bridgehead atoms. The highest BCUT2D eigenvalue weighted by molar-refractivity contribution is 6.30. The van der Waals surface area contributed by atoms with Gasteiger partial charge in [0.2, 0.25) is 0 Å². The third kappa shape index (κ3) is 4.58. The van der Waals surface area contributed by atoms with E-state index in [2.05, 4.69) is 10.6 Å². The minimum atomic E-state index is 0.293. The van der Waals surface area contributed by atoms with E-state index in [1.807, 2.05) is 24.3 Å². The molecule has 0 radical (unpaired) electrons. The van der Waals surface area contributed by atoms with Gasteiger partial charge in [-0.2, -0.15) is 0 Å². The first-order valence-electron chi connectivity index (χ1n) is 7.77. The normalized spacial score (nSPS) is 23.8. The predicted octanol–water partition coefficient (Wildman–Crippen LogP) is 2.08. The number of benzene rings is 1. The summed E-state index contributed by atoms with van der Waals surface area (Å²) < 4.78 is 11.6. The lowest BCUT2D eigenvalue weighted by atomic mass is 10.1. The molecule has 2 fully saturated rings. The lowest BCUT2D eigenvalue weighted by molar-refractivity contribution is -0.00126. The number of rotatable bonds is 7. The Morgan fingerprint density at radius 2 is 2.14 bits per heavy atom. The molecule has 0 aromatic heterocycles. The van der Waals surface area contributed by atoms with E-state index in [9.17, 15) is 0 Å². The molecule has 1 aromatic rings. The molecule has 2 N–H and O–H groups in total. The Bertz CT molecular complexity index is 430. The second-order valence-electron chi connectivity index (χ2n) is 5.73. The Balaban J connectivity index is 1.41. The quantitative estimate of drug-likeness (QED) is 0.757. The minimum Gasteiger partial charge on any atom is -0.492 e. The van der Waals surface area contributed by atoms with Crippen molar-refractivity contribution in [3.05, 3.63) is 29.3 Å². The Kier molecular flexibility index (Phi) is 5.36. The van der Waals surface area contributed by atoms with Crippen LogP contribution in [-0.2, 0) is 4.74 Å². The van der Waals surface area contributed by atoms with E-state index < -0.39 is 0 Å². The van der Waals surface area contributed by atoms with Crippen LogP contribution in [0.3, 0.4) is 0 Å². The summed E-state index contributed by atoms with van der Waals surface area (Å²) in [7, 11) is 0. The summed E-state index contributed by atoms with van der Waals surface area (Å²) >= 11 is 5.85. The zero-order chi connectivity index (χ0) is 14.5. The van der Waals surface area contributed by atoms with E-state index in [1.54, 1.807) is 0 Å². The van der Waals surface area contributed by atoms with Gasteiger partial charge in [0.15, 0.2) is 0 Å². The molecule has 1 aliphatic carbocycles. The molecule has 2 unspecified atom stereocenters. The van der Waals surface area contributed by atoms with Gasteiger partial charge in [0.05, 0.1) is 12.7 Å². The van der Waals surface area contributed by atoms with Crippen LogP contribution in [0, 0.1) is 5.92 Å². The number of morpholine rings is 1. The van der Waals surface area contributed by atoms with Crippen LogP contribution in [0.4, 0.5) is 0 Å². The van der Waals surface area contributed by atoms with Crippen molar-refractivity contribution < 1.29 is 9.47 Å². The van der Waals surface area contributed by atoms with Gasteiger partial charge in [-0.05, 0) is 43.0 Å². The van der Waals surface area contributed by atoms with Crippen LogP contribution < -0.4 is 15.4 Å². The number of hydrogen-bond acceptors (Lipinski definition) is 4. The van der Waals surface area contributed by atoms with Crippen LogP contribution in [0.5, 0.6) is 5.75 Å². The molecule has 1 aromatic carbocycles. The highest BCUT2D eigenvalue weighted by atomic mass is 35.5. The largest absolute Gasteiger partial charge is 0.492 e. The number of halogens is 1. The van der Waals surface area contributed by atoms with Crippen molar-refractivity contribution in [1.82, 2.24) is 10.6 Å². The van der Waals surface area contributed by atoms with E-state index in [1.165, 1.54) is 12.8 Å². The maximum absolute atomic E-state index is 5.89. The van der Waals surface area contributed by atoms with E-state index in [-0.39, 0.29) is 0 Å². The molecular formula is C16H23ClN2O2. The molecule has 5 heteroatoms. The molecule has 1 saturated carbocycles. The van der Waals surface area contributed by atoms with Crippen molar-refractivity contribution in [2.24, 2.45) is 5.92 Å². The average Bonchev–Trinajstić information content (AvgIpc) is 3.35. The van der Waals surface area contributed by atoms with E-state index in [0.29, 0.717) is 18.8 Å². The van der Waals surface area contributed by atoms with Crippen LogP contribution in [0.15, 0.2) is 24.3 Å². The average molecular weight is 311 g/mol. The molecule has 1 saturated heterocycles. The maximum Gasteiger partial charge on any atom is 0.119 e. The fraction of sp³-hybridized carbons (Fsp3) is 0.625. The summed E-state index contributed by atoms with van der Waals surface area (Å²) in [5.41, 5.74) is 0. The molecule has 2 aliphatic rings. The van der Waals surface area contributed by atoms with Gasteiger partial charge in [0.1, 0.15) is 12.4 Å². The molecule has 116 valence electrons. The van der Waals surface area contributed by atoms with Crippen molar-refractivity contribution in [2.45, 2.75) is 25.0 Å².